The highest BCUT2D eigenvalue weighted by atomic mass is 16.5. The first-order valence-electron chi connectivity index (χ1n) is 8.20. The second kappa shape index (κ2) is 6.80. The molecular weight excluding hydrogens is 294 g/mol. The van der Waals surface area contributed by atoms with E-state index in [4.69, 9.17) is 9.15 Å². The summed E-state index contributed by atoms with van der Waals surface area (Å²) in [5.41, 5.74) is 0. The number of ether oxygens (including phenoxy) is 1. The summed E-state index contributed by atoms with van der Waals surface area (Å²) >= 11 is 0. The van der Waals surface area contributed by atoms with E-state index < -0.39 is 0 Å². The third kappa shape index (κ3) is 3.79. The maximum absolute atomic E-state index is 5.90. The molecule has 3 heterocycles. The number of hydrogen-bond acceptors (Lipinski definition) is 6. The molecule has 1 aliphatic heterocycles. The average molecular weight is 319 g/mol. The zero-order valence-corrected chi connectivity index (χ0v) is 14.3. The summed E-state index contributed by atoms with van der Waals surface area (Å²) in [5.74, 6) is 2.70. The molecule has 0 radical (unpaired) electrons. The summed E-state index contributed by atoms with van der Waals surface area (Å²) in [6, 6.07) is 0. The van der Waals surface area contributed by atoms with E-state index in [1.165, 1.54) is 0 Å². The van der Waals surface area contributed by atoms with Crippen molar-refractivity contribution >= 4 is 0 Å². The normalized spacial score (nSPS) is 22.8. The zero-order valence-electron chi connectivity index (χ0n) is 14.3. The first kappa shape index (κ1) is 16.1. The minimum Gasteiger partial charge on any atom is -0.422 e. The number of likely N-dealkylation sites (N-methyl/N-ethyl adjacent to an activating group) is 1. The molecule has 2 aromatic heterocycles. The molecule has 0 saturated carbocycles. The van der Waals surface area contributed by atoms with Gasteiger partial charge in [-0.05, 0) is 14.0 Å². The number of aromatic nitrogens is 4. The van der Waals surface area contributed by atoms with E-state index in [9.17, 15) is 0 Å². The third-order valence-electron chi connectivity index (χ3n) is 4.03. The van der Waals surface area contributed by atoms with Gasteiger partial charge in [-0.3, -0.25) is 0 Å². The van der Waals surface area contributed by atoms with Crippen molar-refractivity contribution < 1.29 is 9.15 Å². The van der Waals surface area contributed by atoms with Crippen LogP contribution in [0.2, 0.25) is 0 Å². The van der Waals surface area contributed by atoms with Gasteiger partial charge in [0.25, 0.3) is 0 Å². The lowest BCUT2D eigenvalue weighted by atomic mass is 10.2. The van der Waals surface area contributed by atoms with Crippen LogP contribution in [0.5, 0.6) is 0 Å². The monoisotopic (exact) mass is 319 g/mol. The molecule has 0 unspecified atom stereocenters. The molecule has 0 amide bonds. The predicted molar refractivity (Wildman–Crippen MR) is 85.1 cm³/mol. The molecule has 1 fully saturated rings. The number of imidazole rings is 1. The smallest absolute Gasteiger partial charge is 0.246 e. The van der Waals surface area contributed by atoms with Crippen LogP contribution in [0.15, 0.2) is 16.8 Å². The topological polar surface area (TPSA) is 69.2 Å². The highest BCUT2D eigenvalue weighted by molar-refractivity contribution is 4.98. The SMILES string of the molecule is CC(C)c1nccn1CCc1nnc([C@H]2CN(C)C[C@@H](C)O2)o1. The first-order valence-corrected chi connectivity index (χ1v) is 8.20. The Morgan fingerprint density at radius 2 is 2.13 bits per heavy atom. The van der Waals surface area contributed by atoms with Crippen molar-refractivity contribution in [2.45, 2.75) is 51.9 Å². The Morgan fingerprint density at radius 3 is 2.87 bits per heavy atom. The molecule has 126 valence electrons. The van der Waals surface area contributed by atoms with Crippen LogP contribution in [0.25, 0.3) is 0 Å². The van der Waals surface area contributed by atoms with Gasteiger partial charge in [-0.25, -0.2) is 4.98 Å². The molecule has 1 aliphatic rings. The highest BCUT2D eigenvalue weighted by Gasteiger charge is 2.28. The third-order valence-corrected chi connectivity index (χ3v) is 4.03. The molecule has 23 heavy (non-hydrogen) atoms. The lowest BCUT2D eigenvalue weighted by molar-refractivity contribution is -0.0825. The fraction of sp³-hybridized carbons (Fsp3) is 0.688. The molecule has 0 aliphatic carbocycles. The van der Waals surface area contributed by atoms with Crippen LogP contribution >= 0.6 is 0 Å². The molecule has 7 nitrogen and oxygen atoms in total. The standard InChI is InChI=1S/C16H25N5O2/c1-11(2)15-17-6-8-21(15)7-5-14-18-19-16(23-14)13-10-20(4)9-12(3)22-13/h6,8,11-13H,5,7,9-10H2,1-4H3/t12-,13-/m1/s1. The molecule has 7 heteroatoms. The Hall–Kier alpha value is -1.73. The van der Waals surface area contributed by atoms with E-state index in [0.29, 0.717) is 24.1 Å². The van der Waals surface area contributed by atoms with Crippen LogP contribution in [0.4, 0.5) is 0 Å². The van der Waals surface area contributed by atoms with Crippen LogP contribution in [-0.4, -0.2) is 50.9 Å². The van der Waals surface area contributed by atoms with Crippen LogP contribution in [-0.2, 0) is 17.7 Å². The molecular formula is C16H25N5O2. The van der Waals surface area contributed by atoms with Crippen molar-refractivity contribution in [3.63, 3.8) is 0 Å². The summed E-state index contributed by atoms with van der Waals surface area (Å²) in [7, 11) is 2.08. The number of nitrogens with zero attached hydrogens (tertiary/aromatic N) is 5. The lowest BCUT2D eigenvalue weighted by Crippen LogP contribution is -2.40. The summed E-state index contributed by atoms with van der Waals surface area (Å²) in [6.45, 7) is 8.84. The molecule has 0 bridgehead atoms. The minimum absolute atomic E-state index is 0.135. The quantitative estimate of drug-likeness (QED) is 0.840. The average Bonchev–Trinajstić information content (AvgIpc) is 3.13. The van der Waals surface area contributed by atoms with E-state index in [1.807, 2.05) is 12.4 Å². The molecule has 0 spiro atoms. The largest absolute Gasteiger partial charge is 0.422 e. The minimum atomic E-state index is -0.135. The van der Waals surface area contributed by atoms with Gasteiger partial charge < -0.3 is 18.6 Å². The molecule has 1 saturated heterocycles. The van der Waals surface area contributed by atoms with E-state index in [2.05, 4.69) is 52.5 Å². The molecule has 0 aromatic carbocycles. The number of aryl methyl sites for hydroxylation is 2. The van der Waals surface area contributed by atoms with Gasteiger partial charge in [0, 0.05) is 44.4 Å². The predicted octanol–water partition coefficient (Wildman–Crippen LogP) is 2.02. The Balaban J connectivity index is 1.62. The van der Waals surface area contributed by atoms with Crippen LogP contribution in [0.3, 0.4) is 0 Å². The van der Waals surface area contributed by atoms with Crippen LogP contribution in [0, 0.1) is 0 Å². The molecule has 2 aromatic rings. The van der Waals surface area contributed by atoms with Gasteiger partial charge in [-0.15, -0.1) is 10.2 Å². The van der Waals surface area contributed by atoms with Crippen molar-refractivity contribution in [3.8, 4) is 0 Å². The molecule has 0 N–H and O–H groups in total. The van der Waals surface area contributed by atoms with Crippen molar-refractivity contribution in [1.29, 1.82) is 0 Å². The number of rotatable bonds is 5. The van der Waals surface area contributed by atoms with E-state index in [0.717, 1.165) is 25.5 Å². The van der Waals surface area contributed by atoms with Crippen LogP contribution < -0.4 is 0 Å². The van der Waals surface area contributed by atoms with Gasteiger partial charge in [-0.2, -0.15) is 0 Å². The zero-order chi connectivity index (χ0) is 16.4. The fourth-order valence-electron chi connectivity index (χ4n) is 3.02. The first-order chi connectivity index (χ1) is 11.0. The lowest BCUT2D eigenvalue weighted by Gasteiger charge is -2.32. The van der Waals surface area contributed by atoms with E-state index in [1.54, 1.807) is 0 Å². The fourth-order valence-corrected chi connectivity index (χ4v) is 3.02. The number of morpholine rings is 1. The van der Waals surface area contributed by atoms with Gasteiger partial charge in [-0.1, -0.05) is 13.8 Å². The van der Waals surface area contributed by atoms with Crippen molar-refractivity contribution in [2.24, 2.45) is 0 Å². The van der Waals surface area contributed by atoms with E-state index in [-0.39, 0.29) is 12.2 Å². The Morgan fingerprint density at radius 1 is 1.30 bits per heavy atom. The second-order valence-electron chi connectivity index (χ2n) is 6.57. The van der Waals surface area contributed by atoms with Gasteiger partial charge in [0.2, 0.25) is 11.8 Å². The Labute approximate surface area is 136 Å². The van der Waals surface area contributed by atoms with Crippen molar-refractivity contribution in [2.75, 3.05) is 20.1 Å². The highest BCUT2D eigenvalue weighted by Crippen LogP contribution is 2.23. The summed E-state index contributed by atoms with van der Waals surface area (Å²) < 4.78 is 13.9. The maximum atomic E-state index is 5.90. The summed E-state index contributed by atoms with van der Waals surface area (Å²) in [5, 5.41) is 8.34. The number of hydrogen-bond donors (Lipinski definition) is 0. The van der Waals surface area contributed by atoms with Gasteiger partial charge in [0.15, 0.2) is 0 Å². The van der Waals surface area contributed by atoms with Crippen molar-refractivity contribution in [3.05, 3.63) is 30.0 Å². The van der Waals surface area contributed by atoms with Gasteiger partial charge in [0.1, 0.15) is 11.9 Å². The summed E-state index contributed by atoms with van der Waals surface area (Å²) in [4.78, 5) is 6.62. The summed E-state index contributed by atoms with van der Waals surface area (Å²) in [6.07, 6.45) is 4.56. The van der Waals surface area contributed by atoms with Gasteiger partial charge in [0.05, 0.1) is 6.10 Å². The second-order valence-corrected chi connectivity index (χ2v) is 6.57. The Kier molecular flexibility index (Phi) is 4.77. The Bertz CT molecular complexity index is 626. The van der Waals surface area contributed by atoms with Crippen molar-refractivity contribution in [1.82, 2.24) is 24.6 Å². The maximum Gasteiger partial charge on any atom is 0.246 e. The van der Waals surface area contributed by atoms with Crippen LogP contribution in [0.1, 0.15) is 50.4 Å². The van der Waals surface area contributed by atoms with E-state index >= 15 is 0 Å². The molecule has 3 rings (SSSR count). The molecule has 2 atom stereocenters. The van der Waals surface area contributed by atoms with Gasteiger partial charge >= 0.3 is 0 Å².